The van der Waals surface area contributed by atoms with Gasteiger partial charge in [0, 0.05) is 45.6 Å². The van der Waals surface area contributed by atoms with Gasteiger partial charge in [-0.15, -0.1) is 12.4 Å². The van der Waals surface area contributed by atoms with Gasteiger partial charge < -0.3 is 15.5 Å². The Kier molecular flexibility index (Phi) is 6.76. The standard InChI is InChI=1S/C14H25N3O2.ClH/c1-10(2)5-13(18)16-4-3-14(19)17-8-11-6-15-7-12(11)9-17;/h10-12,15H,3-9H2,1-2H3,(H,16,18);1H/t11-,12+;. The molecule has 6 heteroatoms. The molecule has 0 saturated carbocycles. The number of rotatable bonds is 5. The second kappa shape index (κ2) is 7.84. The van der Waals surface area contributed by atoms with E-state index in [1.54, 1.807) is 0 Å². The first-order valence-electron chi connectivity index (χ1n) is 7.31. The zero-order valence-corrected chi connectivity index (χ0v) is 13.2. The van der Waals surface area contributed by atoms with Crippen LogP contribution in [0.25, 0.3) is 0 Å². The number of halogens is 1. The van der Waals surface area contributed by atoms with Crippen molar-refractivity contribution < 1.29 is 9.59 Å². The highest BCUT2D eigenvalue weighted by Crippen LogP contribution is 2.26. The lowest BCUT2D eigenvalue weighted by Gasteiger charge is -2.17. The minimum Gasteiger partial charge on any atom is -0.356 e. The molecule has 2 aliphatic heterocycles. The monoisotopic (exact) mass is 303 g/mol. The van der Waals surface area contributed by atoms with Crippen molar-refractivity contribution in [2.75, 3.05) is 32.7 Å². The molecule has 2 atom stereocenters. The van der Waals surface area contributed by atoms with Crippen LogP contribution in [0.3, 0.4) is 0 Å². The van der Waals surface area contributed by atoms with Gasteiger partial charge in [-0.3, -0.25) is 9.59 Å². The topological polar surface area (TPSA) is 61.4 Å². The molecule has 0 bridgehead atoms. The molecule has 2 amide bonds. The molecule has 2 heterocycles. The van der Waals surface area contributed by atoms with E-state index in [1.165, 1.54) is 0 Å². The van der Waals surface area contributed by atoms with Gasteiger partial charge >= 0.3 is 0 Å². The van der Waals surface area contributed by atoms with Gasteiger partial charge in [-0.05, 0) is 17.8 Å². The van der Waals surface area contributed by atoms with Crippen LogP contribution in [0.1, 0.15) is 26.7 Å². The van der Waals surface area contributed by atoms with Crippen molar-refractivity contribution in [1.82, 2.24) is 15.5 Å². The number of likely N-dealkylation sites (tertiary alicyclic amines) is 1. The third-order valence-electron chi connectivity index (χ3n) is 4.00. The first kappa shape index (κ1) is 17.2. The highest BCUT2D eigenvalue weighted by Gasteiger charge is 2.37. The molecule has 20 heavy (non-hydrogen) atoms. The van der Waals surface area contributed by atoms with Gasteiger partial charge in [0.2, 0.25) is 11.8 Å². The second-order valence-corrected chi connectivity index (χ2v) is 6.18. The SMILES string of the molecule is CC(C)CC(=O)NCCC(=O)N1C[C@H]2CNC[C@H]2C1.Cl. The lowest BCUT2D eigenvalue weighted by atomic mass is 10.0. The minimum absolute atomic E-state index is 0. The molecule has 0 aliphatic carbocycles. The Hall–Kier alpha value is -0.810. The molecule has 0 aromatic heterocycles. The summed E-state index contributed by atoms with van der Waals surface area (Å²) < 4.78 is 0. The Bertz CT molecular complexity index is 337. The maximum absolute atomic E-state index is 12.0. The highest BCUT2D eigenvalue weighted by atomic mass is 35.5. The lowest BCUT2D eigenvalue weighted by molar-refractivity contribution is -0.130. The van der Waals surface area contributed by atoms with E-state index in [4.69, 9.17) is 0 Å². The first-order valence-corrected chi connectivity index (χ1v) is 7.31. The van der Waals surface area contributed by atoms with Crippen LogP contribution in [0.4, 0.5) is 0 Å². The van der Waals surface area contributed by atoms with E-state index < -0.39 is 0 Å². The van der Waals surface area contributed by atoms with Gasteiger partial charge in [0.25, 0.3) is 0 Å². The van der Waals surface area contributed by atoms with Crippen LogP contribution in [0.15, 0.2) is 0 Å². The summed E-state index contributed by atoms with van der Waals surface area (Å²) in [7, 11) is 0. The predicted octanol–water partition coefficient (Wildman–Crippen LogP) is 0.638. The van der Waals surface area contributed by atoms with Gasteiger partial charge in [0.05, 0.1) is 0 Å². The average molecular weight is 304 g/mol. The van der Waals surface area contributed by atoms with Crippen molar-refractivity contribution in [3.8, 4) is 0 Å². The molecule has 0 aromatic carbocycles. The highest BCUT2D eigenvalue weighted by molar-refractivity contribution is 5.85. The zero-order valence-electron chi connectivity index (χ0n) is 12.4. The van der Waals surface area contributed by atoms with E-state index in [1.807, 2.05) is 18.7 Å². The summed E-state index contributed by atoms with van der Waals surface area (Å²) in [5.41, 5.74) is 0. The van der Waals surface area contributed by atoms with Crippen molar-refractivity contribution in [3.05, 3.63) is 0 Å². The molecule has 2 aliphatic rings. The molecule has 0 radical (unpaired) electrons. The summed E-state index contributed by atoms with van der Waals surface area (Å²) in [5, 5.41) is 6.19. The maximum Gasteiger partial charge on any atom is 0.224 e. The quantitative estimate of drug-likeness (QED) is 0.783. The zero-order chi connectivity index (χ0) is 13.8. The number of hydrogen-bond donors (Lipinski definition) is 2. The van der Waals surface area contributed by atoms with E-state index in [9.17, 15) is 9.59 Å². The number of amides is 2. The van der Waals surface area contributed by atoms with Crippen LogP contribution in [0.2, 0.25) is 0 Å². The number of carbonyl (C=O) groups is 2. The van der Waals surface area contributed by atoms with Gasteiger partial charge in [-0.1, -0.05) is 13.8 Å². The van der Waals surface area contributed by atoms with E-state index in [0.29, 0.717) is 37.1 Å². The lowest BCUT2D eigenvalue weighted by Crippen LogP contribution is -2.35. The van der Waals surface area contributed by atoms with Gasteiger partial charge in [-0.2, -0.15) is 0 Å². The molecule has 2 rings (SSSR count). The summed E-state index contributed by atoms with van der Waals surface area (Å²) in [6.07, 6.45) is 0.963. The van der Waals surface area contributed by atoms with Crippen LogP contribution in [-0.2, 0) is 9.59 Å². The number of nitrogens with one attached hydrogen (secondary N) is 2. The number of carbonyl (C=O) groups excluding carboxylic acids is 2. The summed E-state index contributed by atoms with van der Waals surface area (Å²) in [4.78, 5) is 25.5. The van der Waals surface area contributed by atoms with E-state index >= 15 is 0 Å². The Balaban J connectivity index is 0.00000200. The largest absolute Gasteiger partial charge is 0.356 e. The third kappa shape index (κ3) is 4.63. The summed E-state index contributed by atoms with van der Waals surface area (Å²) in [6.45, 7) is 8.35. The van der Waals surface area contributed by atoms with Crippen LogP contribution < -0.4 is 10.6 Å². The van der Waals surface area contributed by atoms with Crippen molar-refractivity contribution >= 4 is 24.2 Å². The van der Waals surface area contributed by atoms with Crippen LogP contribution in [0.5, 0.6) is 0 Å². The Morgan fingerprint density at radius 2 is 1.85 bits per heavy atom. The molecule has 2 N–H and O–H groups in total. The van der Waals surface area contributed by atoms with Crippen molar-refractivity contribution in [1.29, 1.82) is 0 Å². The van der Waals surface area contributed by atoms with Crippen LogP contribution >= 0.6 is 12.4 Å². The first-order chi connectivity index (χ1) is 9.06. The predicted molar refractivity (Wildman–Crippen MR) is 80.8 cm³/mol. The van der Waals surface area contributed by atoms with E-state index in [0.717, 1.165) is 26.2 Å². The van der Waals surface area contributed by atoms with Crippen LogP contribution in [0, 0.1) is 17.8 Å². The fraction of sp³-hybridized carbons (Fsp3) is 0.857. The molecular formula is C14H26ClN3O2. The molecular weight excluding hydrogens is 278 g/mol. The van der Waals surface area contributed by atoms with Crippen molar-refractivity contribution in [2.24, 2.45) is 17.8 Å². The number of nitrogens with zero attached hydrogens (tertiary/aromatic N) is 1. The molecule has 0 aromatic rings. The molecule has 0 unspecified atom stereocenters. The molecule has 2 saturated heterocycles. The van der Waals surface area contributed by atoms with E-state index in [-0.39, 0.29) is 24.2 Å². The van der Waals surface area contributed by atoms with Gasteiger partial charge in [0.1, 0.15) is 0 Å². The fourth-order valence-electron chi connectivity index (χ4n) is 2.97. The van der Waals surface area contributed by atoms with Crippen LogP contribution in [-0.4, -0.2) is 49.4 Å². The second-order valence-electron chi connectivity index (χ2n) is 6.18. The Labute approximate surface area is 127 Å². The van der Waals surface area contributed by atoms with Gasteiger partial charge in [-0.25, -0.2) is 0 Å². The minimum atomic E-state index is 0. The third-order valence-corrected chi connectivity index (χ3v) is 4.00. The number of fused-ring (bicyclic) bond motifs is 1. The average Bonchev–Trinajstić information content (AvgIpc) is 2.87. The molecule has 0 spiro atoms. The molecule has 5 nitrogen and oxygen atoms in total. The summed E-state index contributed by atoms with van der Waals surface area (Å²) in [6, 6.07) is 0. The Morgan fingerprint density at radius 3 is 2.40 bits per heavy atom. The molecule has 116 valence electrons. The smallest absolute Gasteiger partial charge is 0.224 e. The maximum atomic E-state index is 12.0. The fourth-order valence-corrected chi connectivity index (χ4v) is 2.97. The number of hydrogen-bond acceptors (Lipinski definition) is 3. The normalized spacial score (nSPS) is 24.4. The Morgan fingerprint density at radius 1 is 1.25 bits per heavy atom. The van der Waals surface area contributed by atoms with E-state index in [2.05, 4.69) is 10.6 Å². The molecule has 2 fully saturated rings. The van der Waals surface area contributed by atoms with Crippen molar-refractivity contribution in [3.63, 3.8) is 0 Å². The van der Waals surface area contributed by atoms with Gasteiger partial charge in [0.15, 0.2) is 0 Å². The summed E-state index contributed by atoms with van der Waals surface area (Å²) in [5.74, 6) is 1.87. The van der Waals surface area contributed by atoms with Crippen molar-refractivity contribution in [2.45, 2.75) is 26.7 Å². The summed E-state index contributed by atoms with van der Waals surface area (Å²) >= 11 is 0.